The van der Waals surface area contributed by atoms with Gasteiger partial charge in [-0.15, -0.1) is 0 Å². The Hall–Kier alpha value is -2.64. The Balaban J connectivity index is 1.99. The Morgan fingerprint density at radius 3 is 1.12 bits per heavy atom. The zero-order valence-electron chi connectivity index (χ0n) is 14.9. The summed E-state index contributed by atoms with van der Waals surface area (Å²) in [7, 11) is 0. The van der Waals surface area contributed by atoms with E-state index in [2.05, 4.69) is 104 Å². The molecular formula is C24H26N+. The van der Waals surface area contributed by atoms with E-state index in [0.717, 1.165) is 24.1 Å². The molecule has 3 aromatic rings. The van der Waals surface area contributed by atoms with Crippen molar-refractivity contribution in [2.45, 2.75) is 26.6 Å². The van der Waals surface area contributed by atoms with Gasteiger partial charge in [-0.1, -0.05) is 91.0 Å². The van der Waals surface area contributed by atoms with Crippen LogP contribution in [0.4, 0.5) is 0 Å². The van der Waals surface area contributed by atoms with E-state index in [1.165, 1.54) is 22.4 Å². The maximum atomic E-state index is 4.39. The highest BCUT2D eigenvalue weighted by Gasteiger charge is 2.30. The fourth-order valence-electron chi connectivity index (χ4n) is 3.37. The third kappa shape index (κ3) is 4.46. The van der Waals surface area contributed by atoms with Crippen molar-refractivity contribution in [1.29, 1.82) is 0 Å². The number of benzene rings is 3. The number of nitrogens with zero attached hydrogens (tertiary/aromatic N) is 1. The van der Waals surface area contributed by atoms with Crippen molar-refractivity contribution in [3.8, 4) is 0 Å². The fraction of sp³-hybridized carbons (Fsp3) is 0.167. The van der Waals surface area contributed by atoms with Gasteiger partial charge in [-0.25, -0.2) is 0 Å². The average Bonchev–Trinajstić information content (AvgIpc) is 2.64. The predicted molar refractivity (Wildman–Crippen MR) is 106 cm³/mol. The molecule has 1 nitrogen and oxygen atoms in total. The second-order valence-electron chi connectivity index (χ2n) is 6.81. The van der Waals surface area contributed by atoms with E-state index >= 15 is 0 Å². The minimum absolute atomic E-state index is 0.831. The lowest BCUT2D eigenvalue weighted by Crippen LogP contribution is -2.43. The molecule has 0 aliphatic rings. The predicted octanol–water partition coefficient (Wildman–Crippen LogP) is 5.94. The number of quaternary nitrogens is 1. The van der Waals surface area contributed by atoms with Gasteiger partial charge in [0.1, 0.15) is 19.6 Å². The lowest BCUT2D eigenvalue weighted by Gasteiger charge is -2.39. The normalized spacial score (nSPS) is 11.2. The molecule has 3 aromatic carbocycles. The van der Waals surface area contributed by atoms with Crippen LogP contribution in [-0.2, 0) is 19.6 Å². The average molecular weight is 328 g/mol. The van der Waals surface area contributed by atoms with E-state index in [9.17, 15) is 0 Å². The Morgan fingerprint density at radius 1 is 0.600 bits per heavy atom. The van der Waals surface area contributed by atoms with Crippen LogP contribution in [0.1, 0.15) is 23.6 Å². The number of allylic oxidation sites excluding steroid dienone is 1. The first-order valence-electron chi connectivity index (χ1n) is 8.82. The summed E-state index contributed by atoms with van der Waals surface area (Å²) >= 11 is 0. The minimum atomic E-state index is 0.831. The molecule has 25 heavy (non-hydrogen) atoms. The second-order valence-corrected chi connectivity index (χ2v) is 6.81. The van der Waals surface area contributed by atoms with Gasteiger partial charge in [0, 0.05) is 23.6 Å². The molecule has 0 radical (unpaired) electrons. The third-order valence-corrected chi connectivity index (χ3v) is 4.79. The van der Waals surface area contributed by atoms with Gasteiger partial charge in [-0.05, 0) is 6.58 Å². The van der Waals surface area contributed by atoms with Crippen LogP contribution in [-0.4, -0.2) is 4.48 Å². The van der Waals surface area contributed by atoms with Gasteiger partial charge >= 0.3 is 0 Å². The number of rotatable bonds is 7. The van der Waals surface area contributed by atoms with E-state index in [0.29, 0.717) is 0 Å². The maximum absolute atomic E-state index is 4.39. The van der Waals surface area contributed by atoms with Crippen molar-refractivity contribution >= 4 is 0 Å². The maximum Gasteiger partial charge on any atom is 0.109 e. The molecule has 0 amide bonds. The monoisotopic (exact) mass is 328 g/mol. The van der Waals surface area contributed by atoms with Crippen molar-refractivity contribution in [2.24, 2.45) is 0 Å². The summed E-state index contributed by atoms with van der Waals surface area (Å²) in [4.78, 5) is 0. The van der Waals surface area contributed by atoms with E-state index < -0.39 is 0 Å². The summed E-state index contributed by atoms with van der Waals surface area (Å²) in [5.41, 5.74) is 5.23. The zero-order chi connectivity index (χ0) is 17.5. The van der Waals surface area contributed by atoms with Crippen LogP contribution in [0.5, 0.6) is 0 Å². The molecule has 0 heterocycles. The molecule has 0 atom stereocenters. The van der Waals surface area contributed by atoms with E-state index in [1.807, 2.05) is 0 Å². The van der Waals surface area contributed by atoms with Crippen LogP contribution < -0.4 is 0 Å². The largest absolute Gasteiger partial charge is 0.284 e. The molecule has 0 aliphatic heterocycles. The quantitative estimate of drug-likeness (QED) is 0.471. The van der Waals surface area contributed by atoms with Crippen LogP contribution in [0.3, 0.4) is 0 Å². The summed E-state index contributed by atoms with van der Waals surface area (Å²) in [5.74, 6) is 0. The van der Waals surface area contributed by atoms with Gasteiger partial charge in [0.15, 0.2) is 0 Å². The minimum Gasteiger partial charge on any atom is -0.284 e. The molecule has 0 saturated heterocycles. The van der Waals surface area contributed by atoms with Gasteiger partial charge in [0.2, 0.25) is 0 Å². The molecule has 0 spiro atoms. The number of hydrogen-bond acceptors (Lipinski definition) is 0. The van der Waals surface area contributed by atoms with Crippen molar-refractivity contribution in [3.63, 3.8) is 0 Å². The molecule has 0 saturated carbocycles. The molecule has 0 N–H and O–H groups in total. The van der Waals surface area contributed by atoms with E-state index in [1.54, 1.807) is 0 Å². The smallest absolute Gasteiger partial charge is 0.109 e. The van der Waals surface area contributed by atoms with Gasteiger partial charge in [-0.2, -0.15) is 0 Å². The zero-order valence-corrected chi connectivity index (χ0v) is 14.9. The Kier molecular flexibility index (Phi) is 5.47. The van der Waals surface area contributed by atoms with Crippen LogP contribution >= 0.6 is 0 Å². The molecule has 0 fully saturated rings. The van der Waals surface area contributed by atoms with Crippen LogP contribution in [0.25, 0.3) is 0 Å². The Bertz CT molecular complexity index is 690. The van der Waals surface area contributed by atoms with Crippen LogP contribution in [0.2, 0.25) is 0 Å². The highest BCUT2D eigenvalue weighted by Crippen LogP contribution is 2.29. The lowest BCUT2D eigenvalue weighted by atomic mass is 10.1. The molecule has 126 valence electrons. The summed E-state index contributed by atoms with van der Waals surface area (Å²) < 4.78 is 0.831. The Morgan fingerprint density at radius 2 is 0.880 bits per heavy atom. The summed E-state index contributed by atoms with van der Waals surface area (Å²) in [5, 5.41) is 0. The summed E-state index contributed by atoms with van der Waals surface area (Å²) in [6, 6.07) is 32.2. The summed E-state index contributed by atoms with van der Waals surface area (Å²) in [6.45, 7) is 9.38. The third-order valence-electron chi connectivity index (χ3n) is 4.79. The Labute approximate surface area is 151 Å². The van der Waals surface area contributed by atoms with Crippen molar-refractivity contribution in [3.05, 3.63) is 120 Å². The molecule has 0 aliphatic carbocycles. The SMILES string of the molecule is C=C(C)[N+](Cc1ccccc1)(Cc1ccccc1)Cc1ccccc1. The van der Waals surface area contributed by atoms with Crippen molar-refractivity contribution < 1.29 is 4.48 Å². The lowest BCUT2D eigenvalue weighted by molar-refractivity contribution is -0.931. The second kappa shape index (κ2) is 7.96. The van der Waals surface area contributed by atoms with Crippen molar-refractivity contribution in [1.82, 2.24) is 0 Å². The van der Waals surface area contributed by atoms with Crippen LogP contribution in [0.15, 0.2) is 103 Å². The van der Waals surface area contributed by atoms with E-state index in [4.69, 9.17) is 0 Å². The topological polar surface area (TPSA) is 0 Å². The first-order valence-corrected chi connectivity index (χ1v) is 8.82. The molecule has 1 heteroatoms. The standard InChI is InChI=1S/C24H26N/c1-21(2)25(18-22-12-6-3-7-13-22,19-23-14-8-4-9-15-23)20-24-16-10-5-11-17-24/h3-17H,1,18-20H2,2H3/q+1. The molecule has 3 rings (SSSR count). The van der Waals surface area contributed by atoms with Gasteiger partial charge < -0.3 is 0 Å². The molecule has 0 aromatic heterocycles. The van der Waals surface area contributed by atoms with Gasteiger partial charge in [0.05, 0.1) is 5.70 Å². The summed E-state index contributed by atoms with van der Waals surface area (Å²) in [6.07, 6.45) is 0. The molecule has 0 unspecified atom stereocenters. The highest BCUT2D eigenvalue weighted by atomic mass is 15.4. The first-order chi connectivity index (χ1) is 12.2. The number of hydrogen-bond donors (Lipinski definition) is 0. The molecular weight excluding hydrogens is 302 g/mol. The highest BCUT2D eigenvalue weighted by molar-refractivity contribution is 5.18. The van der Waals surface area contributed by atoms with Gasteiger partial charge in [0.25, 0.3) is 0 Å². The molecule has 0 bridgehead atoms. The fourth-order valence-corrected chi connectivity index (χ4v) is 3.37. The van der Waals surface area contributed by atoms with Crippen LogP contribution in [0, 0.1) is 0 Å². The van der Waals surface area contributed by atoms with Gasteiger partial charge in [-0.3, -0.25) is 4.48 Å². The first kappa shape index (κ1) is 17.2. The van der Waals surface area contributed by atoms with E-state index in [-0.39, 0.29) is 0 Å². The van der Waals surface area contributed by atoms with Crippen molar-refractivity contribution in [2.75, 3.05) is 0 Å².